The molecule has 0 saturated heterocycles. The highest BCUT2D eigenvalue weighted by Crippen LogP contribution is 2.19. The number of nitrogens with two attached hydrogens (primary N) is 1. The Bertz CT molecular complexity index is 282. The molecule has 1 rings (SSSR count). The van der Waals surface area contributed by atoms with Crippen LogP contribution in [0.3, 0.4) is 0 Å². The number of rotatable bonds is 6. The number of furan rings is 1. The van der Waals surface area contributed by atoms with Gasteiger partial charge in [-0.2, -0.15) is 0 Å². The zero-order valence-corrected chi connectivity index (χ0v) is 10.8. The van der Waals surface area contributed by atoms with Crippen LogP contribution in [0.5, 0.6) is 0 Å². The lowest BCUT2D eigenvalue weighted by atomic mass is 10.0. The van der Waals surface area contributed by atoms with Crippen LogP contribution < -0.4 is 5.73 Å². The van der Waals surface area contributed by atoms with Crippen LogP contribution in [0.4, 0.5) is 0 Å². The molecule has 0 bridgehead atoms. The van der Waals surface area contributed by atoms with Gasteiger partial charge in [0.1, 0.15) is 5.76 Å². The van der Waals surface area contributed by atoms with Gasteiger partial charge in [0.15, 0.2) is 0 Å². The topological polar surface area (TPSA) is 42.4 Å². The van der Waals surface area contributed by atoms with E-state index in [9.17, 15) is 0 Å². The van der Waals surface area contributed by atoms with Crippen LogP contribution in [0.15, 0.2) is 22.8 Å². The van der Waals surface area contributed by atoms with Gasteiger partial charge in [0, 0.05) is 12.6 Å². The van der Waals surface area contributed by atoms with Crippen LogP contribution in [-0.2, 0) is 0 Å². The quantitative estimate of drug-likeness (QED) is 0.807. The molecule has 1 heterocycles. The molecule has 0 amide bonds. The van der Waals surface area contributed by atoms with Crippen molar-refractivity contribution in [2.24, 2.45) is 11.7 Å². The molecule has 0 aliphatic rings. The standard InChI is InChI=1S/C13H24N2O/c1-10(2)12(14)7-8-15(4)11(3)13-6-5-9-16-13/h5-6,9-12H,7-8,14H2,1-4H3. The van der Waals surface area contributed by atoms with Crippen LogP contribution in [0, 0.1) is 5.92 Å². The lowest BCUT2D eigenvalue weighted by molar-refractivity contribution is 0.218. The predicted molar refractivity (Wildman–Crippen MR) is 67.2 cm³/mol. The minimum absolute atomic E-state index is 0.284. The van der Waals surface area contributed by atoms with Gasteiger partial charge >= 0.3 is 0 Å². The average Bonchev–Trinajstić information content (AvgIpc) is 2.77. The fourth-order valence-electron chi connectivity index (χ4n) is 1.63. The zero-order valence-electron chi connectivity index (χ0n) is 10.8. The van der Waals surface area contributed by atoms with Gasteiger partial charge in [0.2, 0.25) is 0 Å². The summed E-state index contributed by atoms with van der Waals surface area (Å²) in [6, 6.07) is 4.55. The summed E-state index contributed by atoms with van der Waals surface area (Å²) >= 11 is 0. The van der Waals surface area contributed by atoms with E-state index >= 15 is 0 Å². The second-order valence-electron chi connectivity index (χ2n) is 4.87. The van der Waals surface area contributed by atoms with Crippen LogP contribution in [0.2, 0.25) is 0 Å². The first kappa shape index (κ1) is 13.3. The lowest BCUT2D eigenvalue weighted by Crippen LogP contribution is -2.32. The number of hydrogen-bond acceptors (Lipinski definition) is 3. The second kappa shape index (κ2) is 6.06. The molecule has 1 aromatic heterocycles. The lowest BCUT2D eigenvalue weighted by Gasteiger charge is -2.25. The zero-order chi connectivity index (χ0) is 12.1. The number of nitrogens with zero attached hydrogens (tertiary/aromatic N) is 1. The van der Waals surface area contributed by atoms with Crippen LogP contribution in [0.25, 0.3) is 0 Å². The summed E-state index contributed by atoms with van der Waals surface area (Å²) < 4.78 is 5.40. The first-order valence-corrected chi connectivity index (χ1v) is 6.01. The molecule has 3 heteroatoms. The smallest absolute Gasteiger partial charge is 0.120 e. The molecular formula is C13H24N2O. The van der Waals surface area contributed by atoms with Gasteiger partial charge in [-0.15, -0.1) is 0 Å². The van der Waals surface area contributed by atoms with E-state index in [1.807, 2.05) is 12.1 Å². The van der Waals surface area contributed by atoms with E-state index in [1.165, 1.54) is 0 Å². The van der Waals surface area contributed by atoms with E-state index in [-0.39, 0.29) is 6.04 Å². The molecule has 0 spiro atoms. The van der Waals surface area contributed by atoms with E-state index in [4.69, 9.17) is 10.2 Å². The van der Waals surface area contributed by atoms with Crippen LogP contribution in [0.1, 0.15) is 39.0 Å². The van der Waals surface area contributed by atoms with Crippen molar-refractivity contribution in [3.8, 4) is 0 Å². The Morgan fingerprint density at radius 2 is 2.06 bits per heavy atom. The molecular weight excluding hydrogens is 200 g/mol. The third-order valence-corrected chi connectivity index (χ3v) is 3.29. The van der Waals surface area contributed by atoms with Crippen LogP contribution >= 0.6 is 0 Å². The largest absolute Gasteiger partial charge is 0.468 e. The van der Waals surface area contributed by atoms with Crippen molar-refractivity contribution in [3.05, 3.63) is 24.2 Å². The molecule has 0 aromatic carbocycles. The first-order valence-electron chi connectivity index (χ1n) is 6.01. The first-order chi connectivity index (χ1) is 7.52. The molecule has 0 radical (unpaired) electrons. The van der Waals surface area contributed by atoms with E-state index in [2.05, 4.69) is 32.7 Å². The summed E-state index contributed by atoms with van der Waals surface area (Å²) in [6.45, 7) is 7.49. The maximum Gasteiger partial charge on any atom is 0.120 e. The van der Waals surface area contributed by atoms with Crippen molar-refractivity contribution in [3.63, 3.8) is 0 Å². The Morgan fingerprint density at radius 1 is 1.38 bits per heavy atom. The highest BCUT2D eigenvalue weighted by atomic mass is 16.3. The van der Waals surface area contributed by atoms with Gasteiger partial charge in [-0.1, -0.05) is 13.8 Å². The van der Waals surface area contributed by atoms with E-state index in [1.54, 1.807) is 6.26 Å². The monoisotopic (exact) mass is 224 g/mol. The molecule has 16 heavy (non-hydrogen) atoms. The molecule has 0 fully saturated rings. The van der Waals surface area contributed by atoms with Gasteiger partial charge in [0.25, 0.3) is 0 Å². The van der Waals surface area contributed by atoms with Crippen molar-refractivity contribution < 1.29 is 4.42 Å². The molecule has 0 saturated carbocycles. The van der Waals surface area contributed by atoms with E-state index in [0.717, 1.165) is 18.7 Å². The summed E-state index contributed by atoms with van der Waals surface area (Å²) in [7, 11) is 2.11. The molecule has 1 aromatic rings. The van der Waals surface area contributed by atoms with Gasteiger partial charge in [-0.25, -0.2) is 0 Å². The van der Waals surface area contributed by atoms with Crippen LogP contribution in [-0.4, -0.2) is 24.5 Å². The molecule has 0 aliphatic heterocycles. The molecule has 0 aliphatic carbocycles. The Balaban J connectivity index is 2.38. The predicted octanol–water partition coefficient (Wildman–Crippen LogP) is 2.65. The highest BCUT2D eigenvalue weighted by Gasteiger charge is 2.15. The minimum atomic E-state index is 0.284. The SMILES string of the molecule is CC(C)C(N)CCN(C)C(C)c1ccco1. The maximum absolute atomic E-state index is 6.03. The second-order valence-corrected chi connectivity index (χ2v) is 4.87. The third-order valence-electron chi connectivity index (χ3n) is 3.29. The summed E-state index contributed by atoms with van der Waals surface area (Å²) in [6.07, 6.45) is 2.75. The number of hydrogen-bond donors (Lipinski definition) is 1. The van der Waals surface area contributed by atoms with E-state index in [0.29, 0.717) is 12.0 Å². The van der Waals surface area contributed by atoms with Crippen molar-refractivity contribution in [2.75, 3.05) is 13.6 Å². The molecule has 2 N–H and O–H groups in total. The normalized spacial score (nSPS) is 15.7. The summed E-state index contributed by atoms with van der Waals surface area (Å²) in [5.74, 6) is 1.56. The average molecular weight is 224 g/mol. The fourth-order valence-corrected chi connectivity index (χ4v) is 1.63. The van der Waals surface area contributed by atoms with Crippen molar-refractivity contribution >= 4 is 0 Å². The maximum atomic E-state index is 6.03. The van der Waals surface area contributed by atoms with Crippen molar-refractivity contribution in [1.82, 2.24) is 4.90 Å². The van der Waals surface area contributed by atoms with Crippen molar-refractivity contribution in [2.45, 2.75) is 39.3 Å². The summed E-state index contributed by atoms with van der Waals surface area (Å²) in [5, 5.41) is 0. The summed E-state index contributed by atoms with van der Waals surface area (Å²) in [4.78, 5) is 2.28. The van der Waals surface area contributed by atoms with Gasteiger partial charge in [-0.05, 0) is 38.4 Å². The third kappa shape index (κ3) is 3.65. The van der Waals surface area contributed by atoms with Gasteiger partial charge < -0.3 is 10.2 Å². The van der Waals surface area contributed by atoms with Gasteiger partial charge in [0.05, 0.1) is 12.3 Å². The van der Waals surface area contributed by atoms with E-state index < -0.39 is 0 Å². The Morgan fingerprint density at radius 3 is 2.56 bits per heavy atom. The minimum Gasteiger partial charge on any atom is -0.468 e. The molecule has 3 nitrogen and oxygen atoms in total. The van der Waals surface area contributed by atoms with Crippen molar-refractivity contribution in [1.29, 1.82) is 0 Å². The Hall–Kier alpha value is -0.800. The molecule has 2 unspecified atom stereocenters. The highest BCUT2D eigenvalue weighted by molar-refractivity contribution is 5.03. The molecule has 92 valence electrons. The Labute approximate surface area is 98.6 Å². The fraction of sp³-hybridized carbons (Fsp3) is 0.692. The molecule has 2 atom stereocenters. The Kier molecular flexibility index (Phi) is 5.03. The summed E-state index contributed by atoms with van der Waals surface area (Å²) in [5.41, 5.74) is 6.03. The van der Waals surface area contributed by atoms with Gasteiger partial charge in [-0.3, -0.25) is 4.90 Å².